The van der Waals surface area contributed by atoms with E-state index in [0.717, 1.165) is 18.5 Å². The standard InChI is InChI=1S/C18H29NS/c1-5-18(6-2,20-4)13-19-17-11-16(12-17)15-9-7-14(3)8-10-15/h7-10,16-17,19H,5-6,11-13H2,1-4H3. The van der Waals surface area contributed by atoms with Gasteiger partial charge in [0.15, 0.2) is 0 Å². The van der Waals surface area contributed by atoms with Gasteiger partial charge < -0.3 is 5.32 Å². The van der Waals surface area contributed by atoms with Crippen molar-refractivity contribution in [3.8, 4) is 0 Å². The molecule has 0 bridgehead atoms. The predicted molar refractivity (Wildman–Crippen MR) is 91.8 cm³/mol. The Hall–Kier alpha value is -0.470. The highest BCUT2D eigenvalue weighted by Crippen LogP contribution is 2.38. The molecule has 1 aromatic rings. The quantitative estimate of drug-likeness (QED) is 0.778. The van der Waals surface area contributed by atoms with Crippen LogP contribution >= 0.6 is 11.8 Å². The molecule has 0 spiro atoms. The molecule has 1 N–H and O–H groups in total. The SMILES string of the molecule is CCC(CC)(CNC1CC(c2ccc(C)cc2)C1)SC. The van der Waals surface area contributed by atoms with Gasteiger partial charge in [-0.15, -0.1) is 0 Å². The molecular formula is C18H29NS. The van der Waals surface area contributed by atoms with Crippen molar-refractivity contribution < 1.29 is 0 Å². The Bertz CT molecular complexity index is 394. The molecule has 1 aliphatic rings. The van der Waals surface area contributed by atoms with Gasteiger partial charge in [-0.25, -0.2) is 0 Å². The molecule has 0 saturated heterocycles. The summed E-state index contributed by atoms with van der Waals surface area (Å²) >= 11 is 2.03. The zero-order chi connectivity index (χ0) is 14.6. The fourth-order valence-corrected chi connectivity index (χ4v) is 3.89. The smallest absolute Gasteiger partial charge is 0.0276 e. The first-order chi connectivity index (χ1) is 9.62. The summed E-state index contributed by atoms with van der Waals surface area (Å²) in [6.45, 7) is 7.95. The third kappa shape index (κ3) is 3.59. The fraction of sp³-hybridized carbons (Fsp3) is 0.667. The number of hydrogen-bond donors (Lipinski definition) is 1. The van der Waals surface area contributed by atoms with Crippen LogP contribution in [0.25, 0.3) is 0 Å². The van der Waals surface area contributed by atoms with Gasteiger partial charge in [0.05, 0.1) is 0 Å². The molecular weight excluding hydrogens is 262 g/mol. The predicted octanol–water partition coefficient (Wildman–Crippen LogP) is 4.75. The second-order valence-corrected chi connectivity index (χ2v) is 7.53. The van der Waals surface area contributed by atoms with Crippen LogP contribution in [-0.4, -0.2) is 23.6 Å². The maximum Gasteiger partial charge on any atom is 0.0276 e. The average molecular weight is 292 g/mol. The van der Waals surface area contributed by atoms with E-state index in [4.69, 9.17) is 0 Å². The Labute approximate surface area is 128 Å². The Morgan fingerprint density at radius 3 is 2.25 bits per heavy atom. The van der Waals surface area contributed by atoms with Gasteiger partial charge in [0, 0.05) is 17.3 Å². The first-order valence-corrected chi connectivity index (χ1v) is 9.20. The molecule has 0 atom stereocenters. The van der Waals surface area contributed by atoms with Gasteiger partial charge in [-0.2, -0.15) is 11.8 Å². The molecule has 112 valence electrons. The van der Waals surface area contributed by atoms with Crippen molar-refractivity contribution in [3.63, 3.8) is 0 Å². The Balaban J connectivity index is 1.78. The summed E-state index contributed by atoms with van der Waals surface area (Å²) in [7, 11) is 0. The van der Waals surface area contributed by atoms with Crippen LogP contribution < -0.4 is 5.32 Å². The van der Waals surface area contributed by atoms with Gasteiger partial charge in [-0.05, 0) is 50.3 Å². The number of nitrogens with one attached hydrogen (secondary N) is 1. The van der Waals surface area contributed by atoms with E-state index in [-0.39, 0.29) is 0 Å². The van der Waals surface area contributed by atoms with Crippen LogP contribution in [0.4, 0.5) is 0 Å². The fourth-order valence-electron chi connectivity index (χ4n) is 3.09. The molecule has 0 aromatic heterocycles. The van der Waals surface area contributed by atoms with Crippen molar-refractivity contribution in [2.24, 2.45) is 0 Å². The second kappa shape index (κ2) is 7.00. The molecule has 1 saturated carbocycles. The van der Waals surface area contributed by atoms with Gasteiger partial charge in [0.1, 0.15) is 0 Å². The minimum Gasteiger partial charge on any atom is -0.313 e. The highest BCUT2D eigenvalue weighted by molar-refractivity contribution is 8.00. The van der Waals surface area contributed by atoms with Crippen LogP contribution in [-0.2, 0) is 0 Å². The van der Waals surface area contributed by atoms with E-state index in [1.807, 2.05) is 11.8 Å². The molecule has 0 unspecified atom stereocenters. The molecule has 0 radical (unpaired) electrons. The molecule has 0 amide bonds. The van der Waals surface area contributed by atoms with Gasteiger partial charge in [-0.1, -0.05) is 43.7 Å². The average Bonchev–Trinajstić information content (AvgIpc) is 2.44. The number of rotatable bonds is 7. The minimum atomic E-state index is 0.439. The lowest BCUT2D eigenvalue weighted by Gasteiger charge is -2.39. The van der Waals surface area contributed by atoms with E-state index in [0.29, 0.717) is 4.75 Å². The number of benzene rings is 1. The van der Waals surface area contributed by atoms with Crippen molar-refractivity contribution >= 4 is 11.8 Å². The molecule has 20 heavy (non-hydrogen) atoms. The third-order valence-corrected chi connectivity index (χ3v) is 6.71. The molecule has 1 aromatic carbocycles. The topological polar surface area (TPSA) is 12.0 Å². The molecule has 1 nitrogen and oxygen atoms in total. The van der Waals surface area contributed by atoms with Gasteiger partial charge in [-0.3, -0.25) is 0 Å². The van der Waals surface area contributed by atoms with Gasteiger partial charge in [0.25, 0.3) is 0 Å². The van der Waals surface area contributed by atoms with Crippen LogP contribution in [0, 0.1) is 6.92 Å². The van der Waals surface area contributed by atoms with E-state index >= 15 is 0 Å². The van der Waals surface area contributed by atoms with Crippen molar-refractivity contribution in [3.05, 3.63) is 35.4 Å². The summed E-state index contributed by atoms with van der Waals surface area (Å²) in [4.78, 5) is 0. The summed E-state index contributed by atoms with van der Waals surface area (Å²) in [5, 5.41) is 3.80. The largest absolute Gasteiger partial charge is 0.313 e. The van der Waals surface area contributed by atoms with Gasteiger partial charge >= 0.3 is 0 Å². The van der Waals surface area contributed by atoms with Crippen LogP contribution in [0.2, 0.25) is 0 Å². The molecule has 0 heterocycles. The molecule has 0 aliphatic heterocycles. The summed E-state index contributed by atoms with van der Waals surface area (Å²) in [5.74, 6) is 0.778. The van der Waals surface area contributed by atoms with Crippen LogP contribution in [0.5, 0.6) is 0 Å². The summed E-state index contributed by atoms with van der Waals surface area (Å²) in [6.07, 6.45) is 7.38. The molecule has 1 fully saturated rings. The maximum absolute atomic E-state index is 3.80. The van der Waals surface area contributed by atoms with E-state index in [1.165, 1.54) is 36.8 Å². The number of thioether (sulfide) groups is 1. The highest BCUT2D eigenvalue weighted by atomic mass is 32.2. The van der Waals surface area contributed by atoms with Gasteiger partial charge in [0.2, 0.25) is 0 Å². The van der Waals surface area contributed by atoms with Crippen LogP contribution in [0.3, 0.4) is 0 Å². The monoisotopic (exact) mass is 291 g/mol. The summed E-state index contributed by atoms with van der Waals surface area (Å²) < 4.78 is 0.439. The summed E-state index contributed by atoms with van der Waals surface area (Å²) in [5.41, 5.74) is 2.88. The second-order valence-electron chi connectivity index (χ2n) is 6.25. The van der Waals surface area contributed by atoms with Crippen molar-refractivity contribution in [2.75, 3.05) is 12.8 Å². The Kier molecular flexibility index (Phi) is 5.57. The molecule has 2 rings (SSSR count). The Morgan fingerprint density at radius 2 is 1.75 bits per heavy atom. The lowest BCUT2D eigenvalue weighted by atomic mass is 9.75. The van der Waals surface area contributed by atoms with E-state index in [1.54, 1.807) is 0 Å². The first kappa shape index (κ1) is 15.9. The lowest BCUT2D eigenvalue weighted by molar-refractivity contribution is 0.279. The number of aryl methyl sites for hydroxylation is 1. The van der Waals surface area contributed by atoms with E-state index < -0.39 is 0 Å². The highest BCUT2D eigenvalue weighted by Gasteiger charge is 2.32. The maximum atomic E-state index is 3.80. The lowest BCUT2D eigenvalue weighted by Crippen LogP contribution is -2.46. The normalized spacial score (nSPS) is 22.6. The summed E-state index contributed by atoms with van der Waals surface area (Å²) in [6, 6.07) is 9.82. The minimum absolute atomic E-state index is 0.439. The Morgan fingerprint density at radius 1 is 1.15 bits per heavy atom. The van der Waals surface area contributed by atoms with E-state index in [9.17, 15) is 0 Å². The van der Waals surface area contributed by atoms with E-state index in [2.05, 4.69) is 56.6 Å². The number of hydrogen-bond acceptors (Lipinski definition) is 2. The zero-order valence-corrected chi connectivity index (χ0v) is 14.2. The van der Waals surface area contributed by atoms with Crippen molar-refractivity contribution in [1.82, 2.24) is 5.32 Å². The molecule has 1 aliphatic carbocycles. The molecule has 2 heteroatoms. The first-order valence-electron chi connectivity index (χ1n) is 7.97. The zero-order valence-electron chi connectivity index (χ0n) is 13.4. The third-order valence-electron chi connectivity index (χ3n) is 5.12. The van der Waals surface area contributed by atoms with Crippen LogP contribution in [0.15, 0.2) is 24.3 Å². The van der Waals surface area contributed by atoms with Crippen LogP contribution in [0.1, 0.15) is 56.6 Å². The van der Waals surface area contributed by atoms with Crippen molar-refractivity contribution in [2.45, 2.75) is 63.2 Å². The van der Waals surface area contributed by atoms with Crippen molar-refractivity contribution in [1.29, 1.82) is 0 Å².